The third-order valence-corrected chi connectivity index (χ3v) is 8.29. The topological polar surface area (TPSA) is 119 Å². The van der Waals surface area contributed by atoms with Crippen molar-refractivity contribution in [2.45, 2.75) is 77.8 Å². The summed E-state index contributed by atoms with van der Waals surface area (Å²) in [7, 11) is 3.74. The number of fused-ring (bicyclic) bond motifs is 1. The van der Waals surface area contributed by atoms with Crippen molar-refractivity contribution in [3.05, 3.63) is 12.7 Å². The van der Waals surface area contributed by atoms with Gasteiger partial charge in [0.1, 0.15) is 5.60 Å². The molecule has 2 rings (SSSR count). The van der Waals surface area contributed by atoms with Gasteiger partial charge in [-0.3, -0.25) is 4.79 Å². The molecule has 0 radical (unpaired) electrons. The van der Waals surface area contributed by atoms with Crippen LogP contribution in [-0.2, 0) is 9.53 Å². The molecular weight excluding hydrogens is 424 g/mol. The van der Waals surface area contributed by atoms with Gasteiger partial charge in [0.15, 0.2) is 5.78 Å². The lowest BCUT2D eigenvalue weighted by molar-refractivity contribution is -0.361. The molecule has 1 amide bonds. The van der Waals surface area contributed by atoms with Crippen molar-refractivity contribution in [2.75, 3.05) is 27.2 Å². The number of nitrogens with zero attached hydrogens (tertiary/aromatic N) is 1. The molecule has 4 N–H and O–H groups in total. The minimum absolute atomic E-state index is 0.0360. The van der Waals surface area contributed by atoms with Gasteiger partial charge in [-0.05, 0) is 51.1 Å². The van der Waals surface area contributed by atoms with Crippen molar-refractivity contribution in [1.82, 2.24) is 10.2 Å². The predicted octanol–water partition coefficient (Wildman–Crippen LogP) is 2.32. The number of allylic oxidation sites excluding steroid dienone is 1. The number of aliphatic hydroxyl groups is 3. The van der Waals surface area contributed by atoms with Crippen LogP contribution in [0.4, 0.5) is 4.79 Å². The summed E-state index contributed by atoms with van der Waals surface area (Å²) < 4.78 is 5.64. The second-order valence-corrected chi connectivity index (χ2v) is 11.4. The summed E-state index contributed by atoms with van der Waals surface area (Å²) in [5.41, 5.74) is -4.15. The van der Waals surface area contributed by atoms with E-state index in [1.54, 1.807) is 19.9 Å². The van der Waals surface area contributed by atoms with E-state index >= 15 is 0 Å². The van der Waals surface area contributed by atoms with E-state index in [9.17, 15) is 24.9 Å². The zero-order chi connectivity index (χ0) is 25.4. The van der Waals surface area contributed by atoms with Crippen LogP contribution >= 0.6 is 0 Å². The number of ether oxygens (including phenoxy) is 1. The Morgan fingerprint density at radius 3 is 2.39 bits per heavy atom. The Kier molecular flexibility index (Phi) is 8.11. The molecular formula is C25H44N2O6. The van der Waals surface area contributed by atoms with E-state index < -0.39 is 52.0 Å². The van der Waals surface area contributed by atoms with E-state index in [0.29, 0.717) is 19.5 Å². The summed E-state index contributed by atoms with van der Waals surface area (Å²) in [6.45, 7) is 13.7. The smallest absolute Gasteiger partial charge is 0.409 e. The van der Waals surface area contributed by atoms with Crippen molar-refractivity contribution >= 4 is 11.9 Å². The number of hydrogen-bond acceptors (Lipinski definition) is 7. The first-order valence-corrected chi connectivity index (χ1v) is 12.0. The fourth-order valence-corrected chi connectivity index (χ4v) is 6.38. The first-order valence-electron chi connectivity index (χ1n) is 12.0. The highest BCUT2D eigenvalue weighted by molar-refractivity contribution is 5.89. The van der Waals surface area contributed by atoms with Crippen LogP contribution in [0.2, 0.25) is 0 Å². The molecule has 8 heteroatoms. The number of alkyl carbamates (subject to hydrolysis) is 1. The molecule has 0 aromatic heterocycles. The third kappa shape index (κ3) is 4.72. The largest absolute Gasteiger partial charge is 0.416 e. The van der Waals surface area contributed by atoms with Gasteiger partial charge in [0.25, 0.3) is 0 Å². The van der Waals surface area contributed by atoms with Crippen LogP contribution in [-0.4, -0.2) is 76.8 Å². The highest BCUT2D eigenvalue weighted by Gasteiger charge is 2.76. The van der Waals surface area contributed by atoms with Gasteiger partial charge in [-0.1, -0.05) is 33.8 Å². The van der Waals surface area contributed by atoms with Crippen LogP contribution in [0, 0.1) is 28.6 Å². The summed E-state index contributed by atoms with van der Waals surface area (Å²) in [5, 5.41) is 37.9. The van der Waals surface area contributed by atoms with Gasteiger partial charge in [-0.25, -0.2) is 4.79 Å². The van der Waals surface area contributed by atoms with Crippen LogP contribution in [0.5, 0.6) is 0 Å². The molecule has 33 heavy (non-hydrogen) atoms. The van der Waals surface area contributed by atoms with Crippen molar-refractivity contribution in [3.63, 3.8) is 0 Å². The Labute approximate surface area is 198 Å². The third-order valence-electron chi connectivity index (χ3n) is 8.29. The normalized spacial score (nSPS) is 38.8. The summed E-state index contributed by atoms with van der Waals surface area (Å²) >= 11 is 0. The van der Waals surface area contributed by atoms with Gasteiger partial charge >= 0.3 is 6.09 Å². The lowest BCUT2D eigenvalue weighted by Gasteiger charge is -2.67. The average molecular weight is 469 g/mol. The maximum Gasteiger partial charge on any atom is 0.409 e. The number of aliphatic hydroxyl groups excluding tert-OH is 1. The van der Waals surface area contributed by atoms with Gasteiger partial charge in [-0.2, -0.15) is 0 Å². The zero-order valence-electron chi connectivity index (χ0n) is 21.4. The van der Waals surface area contributed by atoms with E-state index in [4.69, 9.17) is 4.74 Å². The second-order valence-electron chi connectivity index (χ2n) is 11.4. The van der Waals surface area contributed by atoms with Crippen LogP contribution in [0.3, 0.4) is 0 Å². The van der Waals surface area contributed by atoms with E-state index in [-0.39, 0.29) is 25.2 Å². The van der Waals surface area contributed by atoms with Gasteiger partial charge in [0, 0.05) is 31.8 Å². The van der Waals surface area contributed by atoms with Crippen LogP contribution in [0.25, 0.3) is 0 Å². The molecule has 2 fully saturated rings. The molecule has 190 valence electrons. The Bertz CT molecular complexity index is 755. The van der Waals surface area contributed by atoms with E-state index in [0.717, 1.165) is 0 Å². The average Bonchev–Trinajstić information content (AvgIpc) is 2.68. The molecule has 0 saturated heterocycles. The molecule has 8 nitrogen and oxygen atoms in total. The van der Waals surface area contributed by atoms with Crippen molar-refractivity contribution < 1.29 is 29.6 Å². The van der Waals surface area contributed by atoms with Crippen molar-refractivity contribution in [1.29, 1.82) is 0 Å². The lowest BCUT2D eigenvalue weighted by Crippen LogP contribution is -2.78. The molecule has 0 heterocycles. The molecule has 0 spiro atoms. The van der Waals surface area contributed by atoms with Crippen LogP contribution in [0.1, 0.15) is 60.3 Å². The van der Waals surface area contributed by atoms with Gasteiger partial charge in [0.2, 0.25) is 5.79 Å². The SMILES string of the molecule is C=C[C@@H](C)CC(=O)[C@@]1(O)[C@@H](C)C[C@@H](O)[C@H]2C(C)(C)CC[C@@](O)(OC(=O)NCCN(C)C)[C@@]21C. The first-order chi connectivity index (χ1) is 15.1. The van der Waals surface area contributed by atoms with Gasteiger partial charge in [0.05, 0.1) is 11.5 Å². The highest BCUT2D eigenvalue weighted by Crippen LogP contribution is 2.66. The zero-order valence-corrected chi connectivity index (χ0v) is 21.4. The Hall–Kier alpha value is -1.48. The molecule has 0 aliphatic heterocycles. The minimum Gasteiger partial charge on any atom is -0.416 e. The fourth-order valence-electron chi connectivity index (χ4n) is 6.38. The number of amides is 1. The van der Waals surface area contributed by atoms with Gasteiger partial charge in [-0.15, -0.1) is 6.58 Å². The number of ketones is 1. The van der Waals surface area contributed by atoms with E-state index in [1.165, 1.54) is 0 Å². The standard InChI is InChI=1S/C25H44N2O6/c1-9-16(2)14-19(29)25(32)17(3)15-18(28)20-22(4,5)10-11-24(31,23(20,25)6)33-21(30)26-12-13-27(7)8/h9,16-18,20,28,31-32H,1,10-15H2,2-8H3,(H,26,30)/t16-,17+,18-,20+,23-,24-,25+/m1/s1. The fraction of sp³-hybridized carbons (Fsp3) is 0.840. The number of hydrogen-bond donors (Lipinski definition) is 4. The summed E-state index contributed by atoms with van der Waals surface area (Å²) in [6.07, 6.45) is 0.689. The quantitative estimate of drug-likeness (QED) is 0.319. The molecule has 0 bridgehead atoms. The Morgan fingerprint density at radius 1 is 1.24 bits per heavy atom. The molecule has 0 aromatic carbocycles. The number of likely N-dealkylation sites (N-methyl/N-ethyl adjacent to an activating group) is 1. The van der Waals surface area contributed by atoms with Crippen molar-refractivity contribution in [3.8, 4) is 0 Å². The van der Waals surface area contributed by atoms with E-state index in [2.05, 4.69) is 11.9 Å². The predicted molar refractivity (Wildman–Crippen MR) is 126 cm³/mol. The lowest BCUT2D eigenvalue weighted by atomic mass is 9.41. The molecule has 2 aliphatic rings. The number of rotatable bonds is 8. The summed E-state index contributed by atoms with van der Waals surface area (Å²) in [5.74, 6) is -4.09. The maximum atomic E-state index is 13.6. The monoisotopic (exact) mass is 468 g/mol. The number of carbonyl (C=O) groups is 2. The molecule has 2 aliphatic carbocycles. The Morgan fingerprint density at radius 2 is 1.85 bits per heavy atom. The second kappa shape index (κ2) is 9.64. The minimum atomic E-state index is -2.15. The van der Waals surface area contributed by atoms with Crippen LogP contribution < -0.4 is 5.32 Å². The Balaban J connectivity index is 2.56. The maximum absolute atomic E-state index is 13.6. The molecule has 7 atom stereocenters. The summed E-state index contributed by atoms with van der Waals surface area (Å²) in [4.78, 5) is 28.2. The highest BCUT2D eigenvalue weighted by atomic mass is 16.7. The first kappa shape index (κ1) is 27.8. The number of Topliss-reactive ketones (excluding diaryl/α,β-unsaturated/α-hetero) is 1. The number of nitrogens with one attached hydrogen (secondary N) is 1. The molecule has 0 aromatic rings. The molecule has 2 saturated carbocycles. The van der Waals surface area contributed by atoms with Gasteiger partial charge < -0.3 is 30.3 Å². The summed E-state index contributed by atoms with van der Waals surface area (Å²) in [6, 6.07) is 0. The van der Waals surface area contributed by atoms with Crippen LogP contribution in [0.15, 0.2) is 12.7 Å². The van der Waals surface area contributed by atoms with E-state index in [1.807, 2.05) is 39.8 Å². The number of carbonyl (C=O) groups excluding carboxylic acids is 2. The van der Waals surface area contributed by atoms with Crippen molar-refractivity contribution in [2.24, 2.45) is 28.6 Å². The molecule has 0 unspecified atom stereocenters.